The fraction of sp³-hybridized carbons (Fsp3) is 0.667. The van der Waals surface area contributed by atoms with Crippen molar-refractivity contribution in [2.75, 3.05) is 6.61 Å². The molecule has 0 aliphatic carbocycles. The molecule has 1 aliphatic heterocycles. The topological polar surface area (TPSA) is 48.4 Å². The lowest BCUT2D eigenvalue weighted by Crippen LogP contribution is -2.21. The lowest BCUT2D eigenvalue weighted by molar-refractivity contribution is 0.00885. The van der Waals surface area contributed by atoms with Crippen LogP contribution in [0.5, 0.6) is 0 Å². The molecule has 0 bridgehead atoms. The van der Waals surface area contributed by atoms with Gasteiger partial charge in [-0.25, -0.2) is 0 Å². The fourth-order valence-corrected chi connectivity index (χ4v) is 2.05. The molecule has 1 aromatic rings. The first-order valence-corrected chi connectivity index (χ1v) is 5.77. The van der Waals surface area contributed by atoms with E-state index in [0.29, 0.717) is 6.10 Å². The summed E-state index contributed by atoms with van der Waals surface area (Å²) in [6.07, 6.45) is 7.76. The van der Waals surface area contributed by atoms with Crippen LogP contribution < -0.4 is 5.73 Å². The zero-order valence-corrected chi connectivity index (χ0v) is 9.02. The molecule has 1 fully saturated rings. The second-order valence-electron chi connectivity index (χ2n) is 4.19. The molecule has 1 saturated heterocycles. The molecule has 0 radical (unpaired) electrons. The largest absolute Gasteiger partial charge is 0.468 e. The smallest absolute Gasteiger partial charge is 0.120 e. The predicted octanol–water partition coefficient (Wildman–Crippen LogP) is 2.63. The normalized spacial score (nSPS) is 23.9. The average Bonchev–Trinajstić information content (AvgIpc) is 2.81. The van der Waals surface area contributed by atoms with E-state index in [-0.39, 0.29) is 6.04 Å². The van der Waals surface area contributed by atoms with Crippen LogP contribution in [0.2, 0.25) is 0 Å². The molecule has 2 atom stereocenters. The van der Waals surface area contributed by atoms with Gasteiger partial charge in [0.25, 0.3) is 0 Å². The van der Waals surface area contributed by atoms with Crippen LogP contribution in [0.15, 0.2) is 22.8 Å². The minimum atomic E-state index is 0.0190. The second-order valence-corrected chi connectivity index (χ2v) is 4.19. The molecule has 1 aromatic heterocycles. The van der Waals surface area contributed by atoms with Gasteiger partial charge in [-0.15, -0.1) is 0 Å². The quantitative estimate of drug-likeness (QED) is 0.829. The third kappa shape index (κ3) is 3.08. The third-order valence-electron chi connectivity index (χ3n) is 2.98. The summed E-state index contributed by atoms with van der Waals surface area (Å²) in [6.45, 7) is 0.917. The molecule has 15 heavy (non-hydrogen) atoms. The van der Waals surface area contributed by atoms with Gasteiger partial charge in [0.05, 0.1) is 18.4 Å². The van der Waals surface area contributed by atoms with Crippen LogP contribution in [0.1, 0.15) is 43.9 Å². The first kappa shape index (κ1) is 10.7. The van der Waals surface area contributed by atoms with Crippen LogP contribution >= 0.6 is 0 Å². The number of hydrogen-bond donors (Lipinski definition) is 1. The highest BCUT2D eigenvalue weighted by Gasteiger charge is 2.16. The maximum absolute atomic E-state index is 6.01. The van der Waals surface area contributed by atoms with E-state index in [1.54, 1.807) is 6.26 Å². The minimum absolute atomic E-state index is 0.0190. The molecule has 3 nitrogen and oxygen atoms in total. The van der Waals surface area contributed by atoms with Gasteiger partial charge < -0.3 is 14.9 Å². The maximum atomic E-state index is 6.01. The number of hydrogen-bond acceptors (Lipinski definition) is 3. The predicted molar refractivity (Wildman–Crippen MR) is 58.5 cm³/mol. The van der Waals surface area contributed by atoms with Crippen LogP contribution in [-0.2, 0) is 4.74 Å². The van der Waals surface area contributed by atoms with E-state index >= 15 is 0 Å². The highest BCUT2D eigenvalue weighted by molar-refractivity contribution is 5.03. The van der Waals surface area contributed by atoms with Gasteiger partial charge in [-0.3, -0.25) is 0 Å². The number of furan rings is 1. The lowest BCUT2D eigenvalue weighted by atomic mass is 10.0. The summed E-state index contributed by atoms with van der Waals surface area (Å²) in [4.78, 5) is 0. The van der Waals surface area contributed by atoms with E-state index in [4.69, 9.17) is 14.9 Å². The van der Waals surface area contributed by atoms with Crippen molar-refractivity contribution in [1.29, 1.82) is 0 Å². The molecule has 3 heteroatoms. The molecule has 2 N–H and O–H groups in total. The molecule has 0 amide bonds. The summed E-state index contributed by atoms with van der Waals surface area (Å²) < 4.78 is 10.9. The Hall–Kier alpha value is -0.800. The van der Waals surface area contributed by atoms with Gasteiger partial charge in [-0.1, -0.05) is 0 Å². The Labute approximate surface area is 90.6 Å². The van der Waals surface area contributed by atoms with E-state index in [1.165, 1.54) is 19.3 Å². The van der Waals surface area contributed by atoms with Crippen LogP contribution in [0.4, 0.5) is 0 Å². The molecule has 84 valence electrons. The Morgan fingerprint density at radius 3 is 3.07 bits per heavy atom. The SMILES string of the molecule is NC(CCC1CCCCO1)c1ccco1. The van der Waals surface area contributed by atoms with Gasteiger partial charge in [0.15, 0.2) is 0 Å². The molecule has 2 unspecified atom stereocenters. The van der Waals surface area contributed by atoms with Crippen LogP contribution in [-0.4, -0.2) is 12.7 Å². The van der Waals surface area contributed by atoms with Crippen molar-refractivity contribution in [2.45, 2.75) is 44.2 Å². The van der Waals surface area contributed by atoms with E-state index in [0.717, 1.165) is 25.2 Å². The van der Waals surface area contributed by atoms with E-state index < -0.39 is 0 Å². The van der Waals surface area contributed by atoms with Crippen LogP contribution in [0.25, 0.3) is 0 Å². The van der Waals surface area contributed by atoms with Crippen molar-refractivity contribution in [3.8, 4) is 0 Å². The van der Waals surface area contributed by atoms with E-state index in [9.17, 15) is 0 Å². The zero-order chi connectivity index (χ0) is 10.5. The minimum Gasteiger partial charge on any atom is -0.468 e. The number of rotatable bonds is 4. The number of ether oxygens (including phenoxy) is 1. The summed E-state index contributed by atoms with van der Waals surface area (Å²) in [5.41, 5.74) is 6.01. The summed E-state index contributed by atoms with van der Waals surface area (Å²) in [6, 6.07) is 3.84. The summed E-state index contributed by atoms with van der Waals surface area (Å²) >= 11 is 0. The summed E-state index contributed by atoms with van der Waals surface area (Å²) in [5.74, 6) is 0.880. The standard InChI is InChI=1S/C12H19NO2/c13-11(12-5-3-9-15-12)7-6-10-4-1-2-8-14-10/h3,5,9-11H,1-2,4,6-8,13H2. The maximum Gasteiger partial charge on any atom is 0.120 e. The first-order valence-electron chi connectivity index (χ1n) is 5.77. The summed E-state index contributed by atoms with van der Waals surface area (Å²) in [7, 11) is 0. The van der Waals surface area contributed by atoms with E-state index in [2.05, 4.69) is 0 Å². The molecule has 1 aliphatic rings. The Balaban J connectivity index is 1.73. The Morgan fingerprint density at radius 1 is 1.47 bits per heavy atom. The van der Waals surface area contributed by atoms with Gasteiger partial charge >= 0.3 is 0 Å². The molecular weight excluding hydrogens is 190 g/mol. The van der Waals surface area contributed by atoms with Gasteiger partial charge in [-0.2, -0.15) is 0 Å². The van der Waals surface area contributed by atoms with Crippen molar-refractivity contribution in [3.63, 3.8) is 0 Å². The van der Waals surface area contributed by atoms with Gasteiger partial charge in [0.1, 0.15) is 5.76 Å². The Bertz CT molecular complexity index is 265. The summed E-state index contributed by atoms with van der Waals surface area (Å²) in [5, 5.41) is 0. The molecule has 0 saturated carbocycles. The fourth-order valence-electron chi connectivity index (χ4n) is 2.05. The van der Waals surface area contributed by atoms with Crippen molar-refractivity contribution in [2.24, 2.45) is 5.73 Å². The van der Waals surface area contributed by atoms with Crippen molar-refractivity contribution >= 4 is 0 Å². The number of nitrogens with two attached hydrogens (primary N) is 1. The lowest BCUT2D eigenvalue weighted by Gasteiger charge is -2.23. The van der Waals surface area contributed by atoms with Crippen molar-refractivity contribution < 1.29 is 9.15 Å². The van der Waals surface area contributed by atoms with Gasteiger partial charge in [-0.05, 0) is 44.2 Å². The Kier molecular flexibility index (Phi) is 3.80. The monoisotopic (exact) mass is 209 g/mol. The van der Waals surface area contributed by atoms with Crippen molar-refractivity contribution in [3.05, 3.63) is 24.2 Å². The van der Waals surface area contributed by atoms with Gasteiger partial charge in [0, 0.05) is 6.61 Å². The molecule has 0 aromatic carbocycles. The van der Waals surface area contributed by atoms with E-state index in [1.807, 2.05) is 12.1 Å². The molecular formula is C12H19NO2. The third-order valence-corrected chi connectivity index (χ3v) is 2.98. The molecule has 0 spiro atoms. The zero-order valence-electron chi connectivity index (χ0n) is 9.02. The highest BCUT2D eigenvalue weighted by Crippen LogP contribution is 2.22. The first-order chi connectivity index (χ1) is 7.36. The molecule has 2 rings (SSSR count). The average molecular weight is 209 g/mol. The Morgan fingerprint density at radius 2 is 2.40 bits per heavy atom. The van der Waals surface area contributed by atoms with Crippen molar-refractivity contribution in [1.82, 2.24) is 0 Å². The molecule has 2 heterocycles. The van der Waals surface area contributed by atoms with Crippen LogP contribution in [0, 0.1) is 0 Å². The highest BCUT2D eigenvalue weighted by atomic mass is 16.5. The second kappa shape index (κ2) is 5.33. The van der Waals surface area contributed by atoms with Crippen LogP contribution in [0.3, 0.4) is 0 Å². The van der Waals surface area contributed by atoms with Gasteiger partial charge in [0.2, 0.25) is 0 Å².